The standard InChI is InChI=1S/C16H25N5O/c1-13-17-11-14(12-18-13)16(22)21-5-3-15(4-6-21)20-9-7-19(2)8-10-20/h11-12,15H,3-10H2,1-2H3. The van der Waals surface area contributed by atoms with Gasteiger partial charge in [0.15, 0.2) is 0 Å². The van der Waals surface area contributed by atoms with E-state index >= 15 is 0 Å². The number of aromatic nitrogens is 2. The third kappa shape index (κ3) is 3.44. The molecule has 0 unspecified atom stereocenters. The topological polar surface area (TPSA) is 52.6 Å². The lowest BCUT2D eigenvalue weighted by atomic mass is 10.0. The van der Waals surface area contributed by atoms with Crippen LogP contribution in [0.4, 0.5) is 0 Å². The molecule has 1 aromatic rings. The largest absolute Gasteiger partial charge is 0.338 e. The molecule has 0 spiro atoms. The van der Waals surface area contributed by atoms with E-state index in [1.165, 1.54) is 0 Å². The summed E-state index contributed by atoms with van der Waals surface area (Å²) in [5.41, 5.74) is 0.601. The zero-order valence-corrected chi connectivity index (χ0v) is 13.5. The number of aryl methyl sites for hydroxylation is 1. The van der Waals surface area contributed by atoms with Crippen LogP contribution in [0.3, 0.4) is 0 Å². The minimum atomic E-state index is 0.0665. The van der Waals surface area contributed by atoms with Crippen LogP contribution in [-0.2, 0) is 0 Å². The molecule has 120 valence electrons. The fourth-order valence-corrected chi connectivity index (χ4v) is 3.31. The molecule has 1 aromatic heterocycles. The molecular formula is C16H25N5O. The summed E-state index contributed by atoms with van der Waals surface area (Å²) in [6, 6.07) is 0.631. The fourth-order valence-electron chi connectivity index (χ4n) is 3.31. The molecule has 6 nitrogen and oxygen atoms in total. The Hall–Kier alpha value is -1.53. The molecule has 0 saturated carbocycles. The summed E-state index contributed by atoms with van der Waals surface area (Å²) in [4.78, 5) is 27.6. The van der Waals surface area contributed by atoms with Gasteiger partial charge >= 0.3 is 0 Å². The molecule has 0 atom stereocenters. The van der Waals surface area contributed by atoms with Gasteiger partial charge < -0.3 is 9.80 Å². The first-order valence-electron chi connectivity index (χ1n) is 8.14. The van der Waals surface area contributed by atoms with E-state index < -0.39 is 0 Å². The lowest BCUT2D eigenvalue weighted by molar-refractivity contribution is 0.0518. The van der Waals surface area contributed by atoms with Crippen LogP contribution >= 0.6 is 0 Å². The molecule has 1 amide bonds. The predicted molar refractivity (Wildman–Crippen MR) is 84.8 cm³/mol. The average Bonchev–Trinajstić information content (AvgIpc) is 2.56. The Morgan fingerprint density at radius 1 is 1.05 bits per heavy atom. The Labute approximate surface area is 132 Å². The molecule has 0 N–H and O–H groups in total. The van der Waals surface area contributed by atoms with E-state index in [-0.39, 0.29) is 5.91 Å². The van der Waals surface area contributed by atoms with Gasteiger partial charge in [-0.1, -0.05) is 0 Å². The van der Waals surface area contributed by atoms with Crippen molar-refractivity contribution in [2.45, 2.75) is 25.8 Å². The molecule has 0 radical (unpaired) electrons. The molecule has 2 aliphatic heterocycles. The number of amides is 1. The Morgan fingerprint density at radius 2 is 1.64 bits per heavy atom. The lowest BCUT2D eigenvalue weighted by Crippen LogP contribution is -2.53. The van der Waals surface area contributed by atoms with Gasteiger partial charge in [0.05, 0.1) is 5.56 Å². The highest BCUT2D eigenvalue weighted by Gasteiger charge is 2.28. The number of likely N-dealkylation sites (tertiary alicyclic amines) is 1. The maximum atomic E-state index is 12.5. The minimum absolute atomic E-state index is 0.0665. The monoisotopic (exact) mass is 303 g/mol. The maximum Gasteiger partial charge on any atom is 0.256 e. The van der Waals surface area contributed by atoms with Gasteiger partial charge in [-0.25, -0.2) is 9.97 Å². The number of piperidine rings is 1. The van der Waals surface area contributed by atoms with Crippen molar-refractivity contribution in [1.29, 1.82) is 0 Å². The third-order valence-electron chi connectivity index (χ3n) is 4.83. The summed E-state index contributed by atoms with van der Waals surface area (Å²) < 4.78 is 0. The molecule has 22 heavy (non-hydrogen) atoms. The van der Waals surface area contributed by atoms with Gasteiger partial charge in [-0.05, 0) is 26.8 Å². The first-order chi connectivity index (χ1) is 10.6. The first-order valence-corrected chi connectivity index (χ1v) is 8.14. The molecule has 0 aliphatic carbocycles. The Kier molecular flexibility index (Phi) is 4.69. The zero-order valence-electron chi connectivity index (χ0n) is 13.5. The first kappa shape index (κ1) is 15.4. The van der Waals surface area contributed by atoms with Crippen molar-refractivity contribution in [3.05, 3.63) is 23.8 Å². The van der Waals surface area contributed by atoms with Crippen molar-refractivity contribution < 1.29 is 4.79 Å². The van der Waals surface area contributed by atoms with Crippen LogP contribution in [0.5, 0.6) is 0 Å². The summed E-state index contributed by atoms with van der Waals surface area (Å²) in [6.45, 7) is 8.12. The van der Waals surface area contributed by atoms with Crippen molar-refractivity contribution in [3.8, 4) is 0 Å². The second kappa shape index (κ2) is 6.71. The fraction of sp³-hybridized carbons (Fsp3) is 0.688. The summed E-state index contributed by atoms with van der Waals surface area (Å²) in [7, 11) is 2.18. The van der Waals surface area contributed by atoms with Gasteiger partial charge in [-0.2, -0.15) is 0 Å². The molecule has 2 aliphatic rings. The number of piperazine rings is 1. The van der Waals surface area contributed by atoms with Gasteiger partial charge in [0, 0.05) is 57.7 Å². The van der Waals surface area contributed by atoms with E-state index in [4.69, 9.17) is 0 Å². The highest BCUT2D eigenvalue weighted by Crippen LogP contribution is 2.19. The van der Waals surface area contributed by atoms with Crippen molar-refractivity contribution in [2.75, 3.05) is 46.3 Å². The van der Waals surface area contributed by atoms with E-state index in [2.05, 4.69) is 26.8 Å². The molecule has 2 fully saturated rings. The third-order valence-corrected chi connectivity index (χ3v) is 4.83. The highest BCUT2D eigenvalue weighted by atomic mass is 16.2. The second-order valence-corrected chi connectivity index (χ2v) is 6.38. The van der Waals surface area contributed by atoms with Crippen molar-refractivity contribution in [2.24, 2.45) is 0 Å². The SMILES string of the molecule is Cc1ncc(C(=O)N2CCC(N3CCN(C)CC3)CC2)cn1. The maximum absolute atomic E-state index is 12.5. The zero-order chi connectivity index (χ0) is 15.5. The molecular weight excluding hydrogens is 278 g/mol. The van der Waals surface area contributed by atoms with E-state index in [9.17, 15) is 4.79 Å². The average molecular weight is 303 g/mol. The normalized spacial score (nSPS) is 22.0. The van der Waals surface area contributed by atoms with E-state index in [1.807, 2.05) is 11.8 Å². The number of hydrogen-bond donors (Lipinski definition) is 0. The Bertz CT molecular complexity index is 502. The van der Waals surface area contributed by atoms with E-state index in [1.54, 1.807) is 12.4 Å². The van der Waals surface area contributed by atoms with Gasteiger partial charge in [0.2, 0.25) is 0 Å². The number of likely N-dealkylation sites (N-methyl/N-ethyl adjacent to an activating group) is 1. The van der Waals surface area contributed by atoms with E-state index in [0.29, 0.717) is 17.4 Å². The van der Waals surface area contributed by atoms with Gasteiger partial charge in [-0.3, -0.25) is 9.69 Å². The summed E-state index contributed by atoms with van der Waals surface area (Å²) in [6.07, 6.45) is 5.42. The Balaban J connectivity index is 1.53. The predicted octanol–water partition coefficient (Wildman–Crippen LogP) is 0.637. The van der Waals surface area contributed by atoms with Crippen LogP contribution in [-0.4, -0.2) is 82.9 Å². The van der Waals surface area contributed by atoms with Crippen molar-refractivity contribution in [1.82, 2.24) is 24.7 Å². The van der Waals surface area contributed by atoms with E-state index in [0.717, 1.165) is 52.1 Å². The van der Waals surface area contributed by atoms with Gasteiger partial charge in [-0.15, -0.1) is 0 Å². The quantitative estimate of drug-likeness (QED) is 0.802. The number of rotatable bonds is 2. The lowest BCUT2D eigenvalue weighted by Gasteiger charge is -2.42. The summed E-state index contributed by atoms with van der Waals surface area (Å²) >= 11 is 0. The number of hydrogen-bond acceptors (Lipinski definition) is 5. The minimum Gasteiger partial charge on any atom is -0.338 e. The van der Waals surface area contributed by atoms with Crippen LogP contribution in [0.15, 0.2) is 12.4 Å². The number of nitrogens with zero attached hydrogens (tertiary/aromatic N) is 5. The highest BCUT2D eigenvalue weighted by molar-refractivity contribution is 5.93. The van der Waals surface area contributed by atoms with Gasteiger partial charge in [0.25, 0.3) is 5.91 Å². The molecule has 3 heterocycles. The van der Waals surface area contributed by atoms with Crippen molar-refractivity contribution in [3.63, 3.8) is 0 Å². The Morgan fingerprint density at radius 3 is 2.23 bits per heavy atom. The summed E-state index contributed by atoms with van der Waals surface area (Å²) in [5, 5.41) is 0. The molecule has 0 aromatic carbocycles. The summed E-state index contributed by atoms with van der Waals surface area (Å²) in [5.74, 6) is 0.766. The second-order valence-electron chi connectivity index (χ2n) is 6.38. The molecule has 3 rings (SSSR count). The van der Waals surface area contributed by atoms with Crippen LogP contribution in [0.25, 0.3) is 0 Å². The molecule has 6 heteroatoms. The molecule has 2 saturated heterocycles. The smallest absolute Gasteiger partial charge is 0.256 e. The number of carbonyl (C=O) groups excluding carboxylic acids is 1. The van der Waals surface area contributed by atoms with Crippen LogP contribution < -0.4 is 0 Å². The van der Waals surface area contributed by atoms with Crippen LogP contribution in [0, 0.1) is 6.92 Å². The van der Waals surface area contributed by atoms with Gasteiger partial charge in [0.1, 0.15) is 5.82 Å². The van der Waals surface area contributed by atoms with Crippen LogP contribution in [0.2, 0.25) is 0 Å². The van der Waals surface area contributed by atoms with Crippen molar-refractivity contribution >= 4 is 5.91 Å². The number of carbonyl (C=O) groups is 1. The molecule has 0 bridgehead atoms. The van der Waals surface area contributed by atoms with Crippen LogP contribution in [0.1, 0.15) is 29.0 Å².